The van der Waals surface area contributed by atoms with Crippen LogP contribution in [-0.2, 0) is 0 Å². The molecule has 80 valence electrons. The van der Waals surface area contributed by atoms with Crippen LogP contribution in [0.25, 0.3) is 6.08 Å². The summed E-state index contributed by atoms with van der Waals surface area (Å²) < 4.78 is 0. The van der Waals surface area contributed by atoms with Crippen molar-refractivity contribution in [3.05, 3.63) is 35.1 Å². The van der Waals surface area contributed by atoms with Gasteiger partial charge in [0, 0.05) is 11.0 Å². The first-order valence-corrected chi connectivity index (χ1v) is 5.07. The van der Waals surface area contributed by atoms with Gasteiger partial charge in [-0.3, -0.25) is 4.79 Å². The Labute approximate surface area is 95.0 Å². The van der Waals surface area contributed by atoms with Gasteiger partial charge in [-0.2, -0.15) is 0 Å². The Morgan fingerprint density at radius 2 is 2.07 bits per heavy atom. The van der Waals surface area contributed by atoms with E-state index < -0.39 is 5.41 Å². The molecule has 0 spiro atoms. The van der Waals surface area contributed by atoms with E-state index in [-0.39, 0.29) is 5.78 Å². The van der Waals surface area contributed by atoms with Crippen LogP contribution < -0.4 is 0 Å². The number of rotatable bonds is 2. The number of carbonyl (C=O) groups excluding carboxylic acids is 1. The number of aromatic nitrogens is 1. The van der Waals surface area contributed by atoms with Crippen LogP contribution >= 0.6 is 11.6 Å². The van der Waals surface area contributed by atoms with E-state index in [1.54, 1.807) is 18.2 Å². The summed E-state index contributed by atoms with van der Waals surface area (Å²) in [6, 6.07) is 3.29. The molecule has 3 heteroatoms. The SMILES string of the molecule is C=Cc1cc(C(=O)C(C)(C)C)cc(Cl)n1. The predicted octanol–water partition coefficient (Wildman–Crippen LogP) is 3.61. The Kier molecular flexibility index (Phi) is 3.30. The molecule has 0 saturated heterocycles. The molecule has 1 rings (SSSR count). The van der Waals surface area contributed by atoms with Crippen LogP contribution in [-0.4, -0.2) is 10.8 Å². The molecule has 0 fully saturated rings. The van der Waals surface area contributed by atoms with E-state index >= 15 is 0 Å². The Bertz CT molecular complexity index is 405. The van der Waals surface area contributed by atoms with Crippen molar-refractivity contribution in [2.45, 2.75) is 20.8 Å². The molecule has 0 atom stereocenters. The average Bonchev–Trinajstić information content (AvgIpc) is 2.14. The van der Waals surface area contributed by atoms with Gasteiger partial charge in [-0.1, -0.05) is 39.0 Å². The number of hydrogen-bond donors (Lipinski definition) is 0. The zero-order chi connectivity index (χ0) is 11.6. The first-order valence-electron chi connectivity index (χ1n) is 4.69. The van der Waals surface area contributed by atoms with Crippen molar-refractivity contribution in [3.8, 4) is 0 Å². The minimum Gasteiger partial charge on any atom is -0.294 e. The third-order valence-corrected chi connectivity index (χ3v) is 2.16. The Morgan fingerprint density at radius 1 is 1.47 bits per heavy atom. The van der Waals surface area contributed by atoms with E-state index in [1.165, 1.54) is 0 Å². The van der Waals surface area contributed by atoms with E-state index in [1.807, 2.05) is 20.8 Å². The molecule has 0 aliphatic rings. The maximum atomic E-state index is 12.0. The van der Waals surface area contributed by atoms with E-state index in [0.29, 0.717) is 16.4 Å². The zero-order valence-corrected chi connectivity index (χ0v) is 9.93. The summed E-state index contributed by atoms with van der Waals surface area (Å²) in [5, 5.41) is 0.319. The lowest BCUT2D eigenvalue weighted by Crippen LogP contribution is -2.20. The number of Topliss-reactive ketones (excluding diaryl/α,β-unsaturated/α-hetero) is 1. The highest BCUT2D eigenvalue weighted by Crippen LogP contribution is 2.22. The van der Waals surface area contributed by atoms with Crippen molar-refractivity contribution >= 4 is 23.5 Å². The quantitative estimate of drug-likeness (QED) is 0.566. The van der Waals surface area contributed by atoms with Crippen LogP contribution in [0.1, 0.15) is 36.8 Å². The van der Waals surface area contributed by atoms with Gasteiger partial charge in [0.25, 0.3) is 0 Å². The average molecular weight is 224 g/mol. The Hall–Kier alpha value is -1.15. The van der Waals surface area contributed by atoms with Gasteiger partial charge in [0.2, 0.25) is 0 Å². The van der Waals surface area contributed by atoms with Crippen LogP contribution in [0.15, 0.2) is 18.7 Å². The second kappa shape index (κ2) is 4.15. The highest BCUT2D eigenvalue weighted by atomic mass is 35.5. The summed E-state index contributed by atoms with van der Waals surface area (Å²) in [6.07, 6.45) is 1.57. The van der Waals surface area contributed by atoms with Crippen molar-refractivity contribution < 1.29 is 4.79 Å². The summed E-state index contributed by atoms with van der Waals surface area (Å²) in [5.41, 5.74) is 0.788. The topological polar surface area (TPSA) is 30.0 Å². The lowest BCUT2D eigenvalue weighted by atomic mass is 9.87. The van der Waals surface area contributed by atoms with Crippen molar-refractivity contribution in [3.63, 3.8) is 0 Å². The zero-order valence-electron chi connectivity index (χ0n) is 9.17. The smallest absolute Gasteiger partial charge is 0.168 e. The fourth-order valence-corrected chi connectivity index (χ4v) is 1.40. The molecule has 0 aliphatic carbocycles. The second-order valence-corrected chi connectivity index (χ2v) is 4.77. The van der Waals surface area contributed by atoms with Gasteiger partial charge in [-0.05, 0) is 18.2 Å². The first kappa shape index (κ1) is 11.9. The minimum atomic E-state index is -0.414. The molecule has 0 aromatic carbocycles. The lowest BCUT2D eigenvalue weighted by Gasteiger charge is -2.16. The Morgan fingerprint density at radius 3 is 2.53 bits per heavy atom. The maximum absolute atomic E-state index is 12.0. The molecule has 1 aromatic rings. The molecule has 0 radical (unpaired) electrons. The van der Waals surface area contributed by atoms with Crippen molar-refractivity contribution in [2.75, 3.05) is 0 Å². The molecular formula is C12H14ClNO. The largest absolute Gasteiger partial charge is 0.294 e. The molecule has 0 unspecified atom stereocenters. The standard InChI is InChI=1S/C12H14ClNO/c1-5-9-6-8(7-10(13)14-9)11(15)12(2,3)4/h5-7H,1H2,2-4H3. The van der Waals surface area contributed by atoms with Gasteiger partial charge in [0.15, 0.2) is 5.78 Å². The fraction of sp³-hybridized carbons (Fsp3) is 0.333. The van der Waals surface area contributed by atoms with Crippen molar-refractivity contribution in [1.29, 1.82) is 0 Å². The molecule has 0 N–H and O–H groups in total. The second-order valence-electron chi connectivity index (χ2n) is 4.39. The van der Waals surface area contributed by atoms with Gasteiger partial charge in [0.05, 0.1) is 5.69 Å². The highest BCUT2D eigenvalue weighted by molar-refractivity contribution is 6.29. The third kappa shape index (κ3) is 2.90. The third-order valence-electron chi connectivity index (χ3n) is 1.97. The van der Waals surface area contributed by atoms with Crippen LogP contribution in [0.4, 0.5) is 0 Å². The molecule has 0 amide bonds. The van der Waals surface area contributed by atoms with E-state index in [9.17, 15) is 4.79 Å². The fourth-order valence-electron chi connectivity index (χ4n) is 1.19. The van der Waals surface area contributed by atoms with Gasteiger partial charge in [0.1, 0.15) is 5.15 Å². The lowest BCUT2D eigenvalue weighted by molar-refractivity contribution is 0.0858. The summed E-state index contributed by atoms with van der Waals surface area (Å²) in [4.78, 5) is 16.0. The van der Waals surface area contributed by atoms with E-state index in [4.69, 9.17) is 11.6 Å². The van der Waals surface area contributed by atoms with Crippen molar-refractivity contribution in [2.24, 2.45) is 5.41 Å². The van der Waals surface area contributed by atoms with Crippen LogP contribution in [0.5, 0.6) is 0 Å². The normalized spacial score (nSPS) is 11.2. The van der Waals surface area contributed by atoms with Gasteiger partial charge in [-0.25, -0.2) is 4.98 Å². The van der Waals surface area contributed by atoms with Crippen LogP contribution in [0, 0.1) is 5.41 Å². The molecular weight excluding hydrogens is 210 g/mol. The number of hydrogen-bond acceptors (Lipinski definition) is 2. The molecule has 1 aromatic heterocycles. The molecule has 1 heterocycles. The number of ketones is 1. The highest BCUT2D eigenvalue weighted by Gasteiger charge is 2.23. The van der Waals surface area contributed by atoms with E-state index in [2.05, 4.69) is 11.6 Å². The van der Waals surface area contributed by atoms with Crippen LogP contribution in [0.3, 0.4) is 0 Å². The molecule has 2 nitrogen and oxygen atoms in total. The van der Waals surface area contributed by atoms with E-state index in [0.717, 1.165) is 0 Å². The Balaban J connectivity index is 3.21. The van der Waals surface area contributed by atoms with Crippen LogP contribution in [0.2, 0.25) is 5.15 Å². The molecule has 0 aliphatic heterocycles. The minimum absolute atomic E-state index is 0.0508. The van der Waals surface area contributed by atoms with Crippen molar-refractivity contribution in [1.82, 2.24) is 4.98 Å². The first-order chi connectivity index (χ1) is 6.84. The summed E-state index contributed by atoms with van der Waals surface area (Å²) in [7, 11) is 0. The van der Waals surface area contributed by atoms with Gasteiger partial charge < -0.3 is 0 Å². The monoisotopic (exact) mass is 223 g/mol. The molecule has 15 heavy (non-hydrogen) atoms. The van der Waals surface area contributed by atoms with Gasteiger partial charge in [-0.15, -0.1) is 0 Å². The maximum Gasteiger partial charge on any atom is 0.168 e. The number of nitrogens with zero attached hydrogens (tertiary/aromatic N) is 1. The predicted molar refractivity (Wildman–Crippen MR) is 63.1 cm³/mol. The number of carbonyl (C=O) groups is 1. The number of halogens is 1. The molecule has 0 bridgehead atoms. The summed E-state index contributed by atoms with van der Waals surface area (Å²) in [6.45, 7) is 9.22. The molecule has 0 saturated carbocycles. The van der Waals surface area contributed by atoms with Gasteiger partial charge >= 0.3 is 0 Å². The number of pyridine rings is 1. The summed E-state index contributed by atoms with van der Waals surface area (Å²) in [5.74, 6) is 0.0508. The summed E-state index contributed by atoms with van der Waals surface area (Å²) >= 11 is 5.81.